The second-order valence-corrected chi connectivity index (χ2v) is 3.16. The van der Waals surface area contributed by atoms with Crippen LogP contribution in [0.3, 0.4) is 0 Å². The molecule has 0 aliphatic heterocycles. The van der Waals surface area contributed by atoms with E-state index in [1.807, 2.05) is 0 Å². The van der Waals surface area contributed by atoms with Crippen LogP contribution >= 0.6 is 0 Å². The van der Waals surface area contributed by atoms with Gasteiger partial charge in [-0.2, -0.15) is 0 Å². The van der Waals surface area contributed by atoms with Crippen molar-refractivity contribution in [3.05, 3.63) is 42.7 Å². The van der Waals surface area contributed by atoms with Gasteiger partial charge in [0, 0.05) is 24.3 Å². The zero-order valence-corrected chi connectivity index (χ0v) is 8.05. The molecule has 0 aliphatic carbocycles. The van der Waals surface area contributed by atoms with Gasteiger partial charge in [-0.05, 0) is 12.1 Å². The van der Waals surface area contributed by atoms with E-state index >= 15 is 0 Å². The van der Waals surface area contributed by atoms with Crippen LogP contribution in [0.15, 0.2) is 37.2 Å². The van der Waals surface area contributed by atoms with Gasteiger partial charge >= 0.3 is 5.97 Å². The van der Waals surface area contributed by atoms with E-state index in [9.17, 15) is 4.79 Å². The summed E-state index contributed by atoms with van der Waals surface area (Å²) in [7, 11) is 0. The van der Waals surface area contributed by atoms with Gasteiger partial charge in [-0.25, -0.2) is 9.78 Å². The van der Waals surface area contributed by atoms with Gasteiger partial charge < -0.3 is 9.67 Å². The number of carbonyl (C=O) groups is 1. The molecule has 2 rings (SSSR count). The third-order valence-corrected chi connectivity index (χ3v) is 2.19. The van der Waals surface area contributed by atoms with Crippen LogP contribution in [0, 0.1) is 0 Å². The highest BCUT2D eigenvalue weighted by molar-refractivity contribution is 6.02. The number of aromatic nitrogens is 2. The summed E-state index contributed by atoms with van der Waals surface area (Å²) in [6.07, 6.45) is 4.94. The fourth-order valence-corrected chi connectivity index (χ4v) is 1.57. The van der Waals surface area contributed by atoms with E-state index in [-0.39, 0.29) is 5.56 Å². The van der Waals surface area contributed by atoms with Gasteiger partial charge in [-0.3, -0.25) is 0 Å². The molecule has 0 amide bonds. The van der Waals surface area contributed by atoms with Crippen molar-refractivity contribution in [3.8, 4) is 0 Å². The highest BCUT2D eigenvalue weighted by atomic mass is 16.4. The van der Waals surface area contributed by atoms with Crippen LogP contribution in [0.5, 0.6) is 0 Å². The Morgan fingerprint density at radius 3 is 3.13 bits per heavy atom. The maximum absolute atomic E-state index is 11.0. The highest BCUT2D eigenvalue weighted by Crippen LogP contribution is 2.19. The molecule has 0 aliphatic rings. The Morgan fingerprint density at radius 1 is 1.67 bits per heavy atom. The lowest BCUT2D eigenvalue weighted by molar-refractivity contribution is 0.0699. The number of hydrogen-bond donors (Lipinski definition) is 1. The fourth-order valence-electron chi connectivity index (χ4n) is 1.57. The van der Waals surface area contributed by atoms with Crippen LogP contribution in [-0.4, -0.2) is 20.6 Å². The topological polar surface area (TPSA) is 55.1 Å². The molecule has 0 fully saturated rings. The van der Waals surface area contributed by atoms with Crippen molar-refractivity contribution in [3.63, 3.8) is 0 Å². The summed E-state index contributed by atoms with van der Waals surface area (Å²) in [5.74, 6) is -0.934. The molecule has 0 saturated heterocycles. The van der Waals surface area contributed by atoms with Gasteiger partial charge in [-0.1, -0.05) is 6.08 Å². The predicted octanol–water partition coefficient (Wildman–Crippen LogP) is 1.92. The molecule has 1 N–H and O–H groups in total. The van der Waals surface area contributed by atoms with Crippen molar-refractivity contribution < 1.29 is 9.90 Å². The average molecular weight is 202 g/mol. The van der Waals surface area contributed by atoms with E-state index in [1.165, 1.54) is 0 Å². The minimum atomic E-state index is -0.934. The fraction of sp³-hybridized carbons (Fsp3) is 0.0909. The number of rotatable bonds is 3. The van der Waals surface area contributed by atoms with Crippen LogP contribution in [-0.2, 0) is 6.54 Å². The monoisotopic (exact) mass is 202 g/mol. The Labute approximate surface area is 86.5 Å². The number of allylic oxidation sites excluding steroid dienone is 1. The number of carboxylic acid groups (broad SMARTS) is 1. The summed E-state index contributed by atoms with van der Waals surface area (Å²) in [6, 6.07) is 3.48. The number of fused-ring (bicyclic) bond motifs is 1. The van der Waals surface area contributed by atoms with Gasteiger partial charge in [-0.15, -0.1) is 6.58 Å². The van der Waals surface area contributed by atoms with Crippen molar-refractivity contribution in [2.75, 3.05) is 0 Å². The SMILES string of the molecule is C=CCn1cc(C(=O)O)c2cccnc21. The van der Waals surface area contributed by atoms with Gasteiger partial charge in [0.1, 0.15) is 5.65 Å². The zero-order valence-electron chi connectivity index (χ0n) is 8.05. The Kier molecular flexibility index (Phi) is 2.25. The lowest BCUT2D eigenvalue weighted by Crippen LogP contribution is -1.95. The second kappa shape index (κ2) is 3.57. The maximum Gasteiger partial charge on any atom is 0.337 e. The molecule has 76 valence electrons. The molecule has 2 aromatic rings. The first kappa shape index (κ1) is 9.45. The zero-order chi connectivity index (χ0) is 10.8. The molecule has 0 unspecified atom stereocenters. The first-order valence-corrected chi connectivity index (χ1v) is 4.52. The second-order valence-electron chi connectivity index (χ2n) is 3.16. The summed E-state index contributed by atoms with van der Waals surface area (Å²) in [5.41, 5.74) is 0.953. The summed E-state index contributed by atoms with van der Waals surface area (Å²) < 4.78 is 1.77. The maximum atomic E-state index is 11.0. The Hall–Kier alpha value is -2.10. The summed E-state index contributed by atoms with van der Waals surface area (Å²) >= 11 is 0. The molecule has 0 bridgehead atoms. The third kappa shape index (κ3) is 1.50. The number of hydrogen-bond acceptors (Lipinski definition) is 2. The van der Waals surface area contributed by atoms with E-state index < -0.39 is 5.97 Å². The summed E-state index contributed by atoms with van der Waals surface area (Å²) in [6.45, 7) is 4.18. The quantitative estimate of drug-likeness (QED) is 0.773. The number of nitrogens with zero attached hydrogens (tertiary/aromatic N) is 2. The van der Waals surface area contributed by atoms with Crippen molar-refractivity contribution in [1.29, 1.82) is 0 Å². The van der Waals surface area contributed by atoms with Crippen LogP contribution in [0.2, 0.25) is 0 Å². The van der Waals surface area contributed by atoms with Gasteiger partial charge in [0.25, 0.3) is 0 Å². The number of pyridine rings is 1. The first-order valence-electron chi connectivity index (χ1n) is 4.52. The number of carboxylic acids is 1. The van der Waals surface area contributed by atoms with Crippen LogP contribution < -0.4 is 0 Å². The lowest BCUT2D eigenvalue weighted by Gasteiger charge is -1.97. The van der Waals surface area contributed by atoms with Crippen molar-refractivity contribution in [2.24, 2.45) is 0 Å². The van der Waals surface area contributed by atoms with E-state index in [2.05, 4.69) is 11.6 Å². The van der Waals surface area contributed by atoms with Crippen LogP contribution in [0.25, 0.3) is 11.0 Å². The van der Waals surface area contributed by atoms with E-state index in [1.54, 1.807) is 35.2 Å². The smallest absolute Gasteiger partial charge is 0.337 e. The molecule has 4 heteroatoms. The van der Waals surface area contributed by atoms with Crippen LogP contribution in [0.4, 0.5) is 0 Å². The minimum absolute atomic E-state index is 0.278. The Balaban J connectivity index is 2.72. The van der Waals surface area contributed by atoms with Gasteiger partial charge in [0.05, 0.1) is 5.56 Å². The molecule has 15 heavy (non-hydrogen) atoms. The first-order chi connectivity index (χ1) is 7.24. The van der Waals surface area contributed by atoms with Gasteiger partial charge in [0.2, 0.25) is 0 Å². The lowest BCUT2D eigenvalue weighted by atomic mass is 10.2. The summed E-state index contributed by atoms with van der Waals surface area (Å²) in [4.78, 5) is 15.1. The Morgan fingerprint density at radius 2 is 2.47 bits per heavy atom. The molecular formula is C11H10N2O2. The molecular weight excluding hydrogens is 192 g/mol. The predicted molar refractivity (Wildman–Crippen MR) is 56.9 cm³/mol. The molecule has 0 aromatic carbocycles. The molecule has 0 spiro atoms. The molecule has 0 atom stereocenters. The van der Waals surface area contributed by atoms with E-state index in [4.69, 9.17) is 5.11 Å². The Bertz CT molecular complexity index is 528. The molecule has 4 nitrogen and oxygen atoms in total. The van der Waals surface area contributed by atoms with E-state index in [0.717, 1.165) is 0 Å². The standard InChI is InChI=1S/C11H10N2O2/c1-2-6-13-7-9(11(14)15)8-4-3-5-12-10(8)13/h2-5,7H,1,6H2,(H,14,15). The summed E-state index contributed by atoms with van der Waals surface area (Å²) in [5, 5.41) is 9.66. The normalized spacial score (nSPS) is 10.4. The molecule has 2 aromatic heterocycles. The van der Waals surface area contributed by atoms with Crippen LogP contribution in [0.1, 0.15) is 10.4 Å². The van der Waals surface area contributed by atoms with Crippen molar-refractivity contribution in [1.82, 2.24) is 9.55 Å². The van der Waals surface area contributed by atoms with Crippen molar-refractivity contribution in [2.45, 2.75) is 6.54 Å². The van der Waals surface area contributed by atoms with Gasteiger partial charge in [0.15, 0.2) is 0 Å². The molecule has 0 saturated carbocycles. The average Bonchev–Trinajstić information content (AvgIpc) is 2.59. The number of aromatic carboxylic acids is 1. The largest absolute Gasteiger partial charge is 0.478 e. The van der Waals surface area contributed by atoms with E-state index in [0.29, 0.717) is 17.6 Å². The molecule has 0 radical (unpaired) electrons. The van der Waals surface area contributed by atoms with Crippen molar-refractivity contribution >= 4 is 17.0 Å². The minimum Gasteiger partial charge on any atom is -0.478 e. The highest BCUT2D eigenvalue weighted by Gasteiger charge is 2.13. The third-order valence-electron chi connectivity index (χ3n) is 2.19. The molecule has 2 heterocycles.